The van der Waals surface area contributed by atoms with E-state index in [2.05, 4.69) is 0 Å². The van der Waals surface area contributed by atoms with Crippen molar-refractivity contribution < 1.29 is 14.5 Å². The summed E-state index contributed by atoms with van der Waals surface area (Å²) >= 11 is 0. The van der Waals surface area contributed by atoms with Gasteiger partial charge in [-0.25, -0.2) is 0 Å². The molecule has 0 aromatic heterocycles. The number of carbonyl (C=O) groups excluding carboxylic acids is 1. The van der Waals surface area contributed by atoms with E-state index in [1.807, 2.05) is 0 Å². The SMILES string of the molecule is CCOc1c(C(C)=O)cc(C)cc1[N+](=O)[O-]. The predicted octanol–water partition coefficient (Wildman–Crippen LogP) is 2.50. The van der Waals surface area contributed by atoms with Crippen LogP contribution in [0.2, 0.25) is 0 Å². The van der Waals surface area contributed by atoms with Gasteiger partial charge >= 0.3 is 5.69 Å². The van der Waals surface area contributed by atoms with Crippen molar-refractivity contribution >= 4 is 11.5 Å². The van der Waals surface area contributed by atoms with E-state index in [1.54, 1.807) is 19.9 Å². The van der Waals surface area contributed by atoms with Crippen LogP contribution in [0.5, 0.6) is 5.75 Å². The Morgan fingerprint density at radius 2 is 2.12 bits per heavy atom. The summed E-state index contributed by atoms with van der Waals surface area (Å²) in [5.74, 6) is -0.180. The van der Waals surface area contributed by atoms with Gasteiger partial charge in [0.15, 0.2) is 5.78 Å². The number of Topliss-reactive ketones (excluding diaryl/α,β-unsaturated/α-hetero) is 1. The molecular weight excluding hydrogens is 210 g/mol. The fraction of sp³-hybridized carbons (Fsp3) is 0.364. The highest BCUT2D eigenvalue weighted by atomic mass is 16.6. The van der Waals surface area contributed by atoms with E-state index in [1.165, 1.54) is 13.0 Å². The molecule has 0 bridgehead atoms. The molecule has 1 aromatic carbocycles. The first kappa shape index (κ1) is 12.2. The quantitative estimate of drug-likeness (QED) is 0.446. The fourth-order valence-corrected chi connectivity index (χ4v) is 1.45. The molecular formula is C11H13NO4. The summed E-state index contributed by atoms with van der Waals surface area (Å²) in [6, 6.07) is 3.00. The molecule has 0 saturated carbocycles. The van der Waals surface area contributed by atoms with Gasteiger partial charge in [-0.15, -0.1) is 0 Å². The van der Waals surface area contributed by atoms with Gasteiger partial charge in [0.2, 0.25) is 5.75 Å². The third-order valence-corrected chi connectivity index (χ3v) is 2.08. The molecule has 0 saturated heterocycles. The molecule has 0 aliphatic carbocycles. The van der Waals surface area contributed by atoms with Crippen LogP contribution >= 0.6 is 0 Å². The minimum Gasteiger partial charge on any atom is -0.487 e. The maximum Gasteiger partial charge on any atom is 0.311 e. The van der Waals surface area contributed by atoms with Gasteiger partial charge in [-0.2, -0.15) is 0 Å². The average molecular weight is 223 g/mol. The third kappa shape index (κ3) is 2.36. The second-order valence-electron chi connectivity index (χ2n) is 3.41. The highest BCUT2D eigenvalue weighted by Gasteiger charge is 2.22. The molecule has 0 fully saturated rings. The number of ether oxygens (including phenoxy) is 1. The minimum atomic E-state index is -0.537. The number of ketones is 1. The van der Waals surface area contributed by atoms with Crippen LogP contribution in [-0.4, -0.2) is 17.3 Å². The standard InChI is InChI=1S/C11H13NO4/c1-4-16-11-9(8(3)13)5-7(2)6-10(11)12(14)15/h5-6H,4H2,1-3H3. The van der Waals surface area contributed by atoms with Gasteiger partial charge in [0.05, 0.1) is 17.1 Å². The van der Waals surface area contributed by atoms with Crippen molar-refractivity contribution in [1.82, 2.24) is 0 Å². The van der Waals surface area contributed by atoms with Crippen LogP contribution in [-0.2, 0) is 0 Å². The van der Waals surface area contributed by atoms with Gasteiger partial charge < -0.3 is 4.74 Å². The van der Waals surface area contributed by atoms with E-state index >= 15 is 0 Å². The third-order valence-electron chi connectivity index (χ3n) is 2.08. The number of hydrogen-bond donors (Lipinski definition) is 0. The Balaban J connectivity index is 3.47. The highest BCUT2D eigenvalue weighted by molar-refractivity contribution is 5.98. The van der Waals surface area contributed by atoms with Gasteiger partial charge in [0, 0.05) is 6.07 Å². The molecule has 1 aromatic rings. The zero-order valence-corrected chi connectivity index (χ0v) is 9.44. The largest absolute Gasteiger partial charge is 0.487 e. The Kier molecular flexibility index (Phi) is 3.60. The van der Waals surface area contributed by atoms with Crippen molar-refractivity contribution in [2.24, 2.45) is 0 Å². The smallest absolute Gasteiger partial charge is 0.311 e. The number of benzene rings is 1. The number of nitrogens with zero attached hydrogens (tertiary/aromatic N) is 1. The Bertz CT molecular complexity index is 405. The Labute approximate surface area is 93.2 Å². The van der Waals surface area contributed by atoms with Crippen molar-refractivity contribution in [2.45, 2.75) is 20.8 Å². The number of nitro benzene ring substituents is 1. The number of rotatable bonds is 4. The summed E-state index contributed by atoms with van der Waals surface area (Å²) in [7, 11) is 0. The van der Waals surface area contributed by atoms with E-state index in [4.69, 9.17) is 4.74 Å². The van der Waals surface area contributed by atoms with Crippen molar-refractivity contribution in [2.75, 3.05) is 6.61 Å². The fourth-order valence-electron chi connectivity index (χ4n) is 1.45. The molecule has 86 valence electrons. The topological polar surface area (TPSA) is 69.4 Å². The normalized spacial score (nSPS) is 9.94. The van der Waals surface area contributed by atoms with Crippen LogP contribution in [0.25, 0.3) is 0 Å². The maximum atomic E-state index is 11.4. The van der Waals surface area contributed by atoms with E-state index in [9.17, 15) is 14.9 Å². The zero-order valence-electron chi connectivity index (χ0n) is 9.44. The van der Waals surface area contributed by atoms with Crippen LogP contribution in [0.3, 0.4) is 0 Å². The van der Waals surface area contributed by atoms with Crippen LogP contribution in [0.1, 0.15) is 29.8 Å². The Morgan fingerprint density at radius 3 is 2.56 bits per heavy atom. The molecule has 0 aliphatic rings. The van der Waals surface area contributed by atoms with E-state index in [-0.39, 0.29) is 29.4 Å². The lowest BCUT2D eigenvalue weighted by Gasteiger charge is -2.09. The molecule has 5 heteroatoms. The van der Waals surface area contributed by atoms with Crippen LogP contribution in [0.15, 0.2) is 12.1 Å². The molecule has 0 aliphatic heterocycles. The second kappa shape index (κ2) is 4.74. The monoisotopic (exact) mass is 223 g/mol. The van der Waals surface area contributed by atoms with Crippen molar-refractivity contribution in [1.29, 1.82) is 0 Å². The number of carbonyl (C=O) groups is 1. The summed E-state index contributed by atoms with van der Waals surface area (Å²) in [6.45, 7) is 5.06. The minimum absolute atomic E-state index is 0.0607. The van der Waals surface area contributed by atoms with Crippen LogP contribution < -0.4 is 4.74 Å². The van der Waals surface area contributed by atoms with Crippen molar-refractivity contribution in [3.63, 3.8) is 0 Å². The van der Waals surface area contributed by atoms with E-state index in [0.29, 0.717) is 5.56 Å². The number of nitro groups is 1. The van der Waals surface area contributed by atoms with Crippen LogP contribution in [0.4, 0.5) is 5.69 Å². The first-order valence-electron chi connectivity index (χ1n) is 4.90. The second-order valence-corrected chi connectivity index (χ2v) is 3.41. The lowest BCUT2D eigenvalue weighted by Crippen LogP contribution is -2.05. The average Bonchev–Trinajstić information content (AvgIpc) is 2.19. The summed E-state index contributed by atoms with van der Waals surface area (Å²) < 4.78 is 5.18. The zero-order chi connectivity index (χ0) is 12.3. The predicted molar refractivity (Wildman–Crippen MR) is 59.0 cm³/mol. The summed E-state index contributed by atoms with van der Waals surface area (Å²) in [6.07, 6.45) is 0. The molecule has 16 heavy (non-hydrogen) atoms. The maximum absolute atomic E-state index is 11.4. The summed E-state index contributed by atoms with van der Waals surface area (Å²) in [4.78, 5) is 21.7. The van der Waals surface area contributed by atoms with Gasteiger partial charge in [-0.05, 0) is 32.4 Å². The van der Waals surface area contributed by atoms with Crippen molar-refractivity contribution in [3.05, 3.63) is 33.4 Å². The number of aryl methyl sites for hydroxylation is 1. The highest BCUT2D eigenvalue weighted by Crippen LogP contribution is 2.32. The summed E-state index contributed by atoms with van der Waals surface area (Å²) in [5, 5.41) is 10.8. The van der Waals surface area contributed by atoms with Gasteiger partial charge in [0.1, 0.15) is 0 Å². The molecule has 0 N–H and O–H groups in total. The molecule has 1 rings (SSSR count). The molecule has 5 nitrogen and oxygen atoms in total. The number of hydrogen-bond acceptors (Lipinski definition) is 4. The molecule has 0 unspecified atom stereocenters. The Morgan fingerprint density at radius 1 is 1.50 bits per heavy atom. The summed E-state index contributed by atoms with van der Waals surface area (Å²) in [5.41, 5.74) is 0.765. The molecule has 0 atom stereocenters. The molecule has 0 radical (unpaired) electrons. The molecule has 0 amide bonds. The molecule has 0 heterocycles. The lowest BCUT2D eigenvalue weighted by atomic mass is 10.1. The van der Waals surface area contributed by atoms with E-state index < -0.39 is 4.92 Å². The van der Waals surface area contributed by atoms with Crippen molar-refractivity contribution in [3.8, 4) is 5.75 Å². The Hall–Kier alpha value is -1.91. The van der Waals surface area contributed by atoms with Gasteiger partial charge in [-0.1, -0.05) is 0 Å². The van der Waals surface area contributed by atoms with Gasteiger partial charge in [0.25, 0.3) is 0 Å². The first-order chi connectivity index (χ1) is 7.47. The first-order valence-corrected chi connectivity index (χ1v) is 4.90. The molecule has 0 spiro atoms. The lowest BCUT2D eigenvalue weighted by molar-refractivity contribution is -0.385. The van der Waals surface area contributed by atoms with Crippen LogP contribution in [0, 0.1) is 17.0 Å². The van der Waals surface area contributed by atoms with E-state index in [0.717, 1.165) is 0 Å². The van der Waals surface area contributed by atoms with Gasteiger partial charge in [-0.3, -0.25) is 14.9 Å².